The fraction of sp³-hybridized carbons (Fsp3) is 0.409. The molecule has 2 aromatic heterocycles. The van der Waals surface area contributed by atoms with E-state index in [1.807, 2.05) is 13.8 Å². The zero-order chi connectivity index (χ0) is 21.6. The van der Waals surface area contributed by atoms with E-state index in [-0.39, 0.29) is 24.7 Å². The average molecular weight is 420 g/mol. The summed E-state index contributed by atoms with van der Waals surface area (Å²) in [5, 5.41) is 0. The molecule has 1 aliphatic rings. The fourth-order valence-corrected chi connectivity index (χ4v) is 4.05. The van der Waals surface area contributed by atoms with Gasteiger partial charge in [-0.3, -0.25) is 4.79 Å². The summed E-state index contributed by atoms with van der Waals surface area (Å²) in [6.45, 7) is 6.65. The number of halogens is 3. The fourth-order valence-electron chi connectivity index (χ4n) is 4.05. The first kappa shape index (κ1) is 20.5. The predicted octanol–water partition coefficient (Wildman–Crippen LogP) is 4.86. The van der Waals surface area contributed by atoms with Crippen molar-refractivity contribution in [1.29, 1.82) is 0 Å². The van der Waals surface area contributed by atoms with Gasteiger partial charge in [0.2, 0.25) is 0 Å². The van der Waals surface area contributed by atoms with Crippen LogP contribution in [0.3, 0.4) is 0 Å². The van der Waals surface area contributed by atoms with Crippen LogP contribution in [0.1, 0.15) is 41.2 Å². The SMILES string of the molecule is Cc1cc2c(cc(C(=O)N3CC(C)OC(C)C3)n2Cc2cccc(C(F)(F)F)c2)o1. The molecule has 0 bridgehead atoms. The molecule has 3 aromatic rings. The van der Waals surface area contributed by atoms with E-state index in [1.54, 1.807) is 34.6 Å². The standard InChI is InChI=1S/C22H23F3N2O3/c1-13-7-18-20(30-13)9-19(21(28)26-10-14(2)29-15(3)11-26)27(18)12-16-5-4-6-17(8-16)22(23,24)25/h4-9,14-15H,10-12H2,1-3H3. The third kappa shape index (κ3) is 3.96. The normalized spacial score (nSPS) is 20.1. The highest BCUT2D eigenvalue weighted by atomic mass is 19.4. The number of ether oxygens (including phenoxy) is 1. The number of aryl methyl sites for hydroxylation is 1. The number of hydrogen-bond donors (Lipinski definition) is 0. The number of benzene rings is 1. The number of nitrogens with zero attached hydrogens (tertiary/aromatic N) is 2. The molecule has 1 saturated heterocycles. The molecule has 30 heavy (non-hydrogen) atoms. The molecule has 0 spiro atoms. The molecule has 0 radical (unpaired) electrons. The Kier molecular flexibility index (Phi) is 5.13. The van der Waals surface area contributed by atoms with Gasteiger partial charge in [-0.25, -0.2) is 0 Å². The molecule has 1 aliphatic heterocycles. The number of carbonyl (C=O) groups is 1. The van der Waals surface area contributed by atoms with Crippen LogP contribution in [0.15, 0.2) is 40.8 Å². The van der Waals surface area contributed by atoms with Gasteiger partial charge in [0.05, 0.1) is 23.3 Å². The monoisotopic (exact) mass is 420 g/mol. The molecule has 5 nitrogen and oxygen atoms in total. The van der Waals surface area contributed by atoms with Gasteiger partial charge >= 0.3 is 6.18 Å². The number of furan rings is 1. The number of rotatable bonds is 3. The summed E-state index contributed by atoms with van der Waals surface area (Å²) in [6, 6.07) is 8.63. The van der Waals surface area contributed by atoms with Crippen LogP contribution in [-0.4, -0.2) is 40.7 Å². The lowest BCUT2D eigenvalue weighted by atomic mass is 10.1. The summed E-state index contributed by atoms with van der Waals surface area (Å²) >= 11 is 0. The van der Waals surface area contributed by atoms with Gasteiger partial charge in [-0.2, -0.15) is 13.2 Å². The highest BCUT2D eigenvalue weighted by molar-refractivity contribution is 5.97. The number of morpholine rings is 1. The number of aromatic nitrogens is 1. The molecule has 1 fully saturated rings. The molecule has 4 rings (SSSR count). The van der Waals surface area contributed by atoms with Crippen molar-refractivity contribution in [1.82, 2.24) is 9.47 Å². The summed E-state index contributed by atoms with van der Waals surface area (Å²) < 4.78 is 52.5. The van der Waals surface area contributed by atoms with Gasteiger partial charge in [0.1, 0.15) is 11.5 Å². The van der Waals surface area contributed by atoms with E-state index < -0.39 is 11.7 Å². The Balaban J connectivity index is 1.73. The van der Waals surface area contributed by atoms with Crippen molar-refractivity contribution < 1.29 is 27.1 Å². The maximum absolute atomic E-state index is 13.3. The van der Waals surface area contributed by atoms with Gasteiger partial charge in [0, 0.05) is 31.8 Å². The second kappa shape index (κ2) is 7.50. The number of alkyl halides is 3. The number of hydrogen-bond acceptors (Lipinski definition) is 3. The van der Waals surface area contributed by atoms with Gasteiger partial charge in [0.15, 0.2) is 5.58 Å². The zero-order valence-electron chi connectivity index (χ0n) is 17.0. The van der Waals surface area contributed by atoms with Crippen LogP contribution in [0.4, 0.5) is 13.2 Å². The number of amides is 1. The molecule has 1 amide bonds. The maximum atomic E-state index is 13.3. The molecule has 160 valence electrons. The lowest BCUT2D eigenvalue weighted by molar-refractivity contribution is -0.137. The van der Waals surface area contributed by atoms with Crippen LogP contribution in [0, 0.1) is 6.92 Å². The van der Waals surface area contributed by atoms with Crippen molar-refractivity contribution >= 4 is 17.0 Å². The minimum absolute atomic E-state index is 0.0881. The van der Waals surface area contributed by atoms with E-state index in [2.05, 4.69) is 0 Å². The van der Waals surface area contributed by atoms with E-state index >= 15 is 0 Å². The topological polar surface area (TPSA) is 47.6 Å². The highest BCUT2D eigenvalue weighted by Gasteiger charge is 2.31. The van der Waals surface area contributed by atoms with Crippen molar-refractivity contribution in [3.05, 3.63) is 59.0 Å². The van der Waals surface area contributed by atoms with Crippen LogP contribution in [0.2, 0.25) is 0 Å². The van der Waals surface area contributed by atoms with Crippen molar-refractivity contribution in [2.75, 3.05) is 13.1 Å². The Hall–Kier alpha value is -2.74. The Morgan fingerprint density at radius 3 is 2.50 bits per heavy atom. The Morgan fingerprint density at radius 2 is 1.83 bits per heavy atom. The first-order chi connectivity index (χ1) is 14.1. The van der Waals surface area contributed by atoms with E-state index in [0.29, 0.717) is 41.2 Å². The smallest absolute Gasteiger partial charge is 0.416 e. The molecule has 3 heterocycles. The van der Waals surface area contributed by atoms with Crippen molar-refractivity contribution in [2.24, 2.45) is 0 Å². The van der Waals surface area contributed by atoms with Crippen LogP contribution in [0.25, 0.3) is 11.1 Å². The summed E-state index contributed by atoms with van der Waals surface area (Å²) in [5.74, 6) is 0.485. The molecular weight excluding hydrogens is 397 g/mol. The Labute approximate surface area is 172 Å². The van der Waals surface area contributed by atoms with Gasteiger partial charge in [-0.15, -0.1) is 0 Å². The molecular formula is C22H23F3N2O3. The molecule has 0 saturated carbocycles. The second-order valence-corrected chi connectivity index (χ2v) is 7.89. The quantitative estimate of drug-likeness (QED) is 0.608. The lowest BCUT2D eigenvalue weighted by Gasteiger charge is -2.35. The summed E-state index contributed by atoms with van der Waals surface area (Å²) in [7, 11) is 0. The largest absolute Gasteiger partial charge is 0.460 e. The summed E-state index contributed by atoms with van der Waals surface area (Å²) in [5.41, 5.74) is 1.36. The van der Waals surface area contributed by atoms with Gasteiger partial charge in [-0.1, -0.05) is 12.1 Å². The van der Waals surface area contributed by atoms with Gasteiger partial charge in [-0.05, 0) is 38.5 Å². The molecule has 2 unspecified atom stereocenters. The van der Waals surface area contributed by atoms with Crippen molar-refractivity contribution in [2.45, 2.75) is 45.7 Å². The van der Waals surface area contributed by atoms with E-state index in [9.17, 15) is 18.0 Å². The molecule has 8 heteroatoms. The molecule has 2 atom stereocenters. The van der Waals surface area contributed by atoms with Crippen molar-refractivity contribution in [3.63, 3.8) is 0 Å². The predicted molar refractivity (Wildman–Crippen MR) is 105 cm³/mol. The van der Waals surface area contributed by atoms with Crippen molar-refractivity contribution in [3.8, 4) is 0 Å². The Morgan fingerprint density at radius 1 is 1.13 bits per heavy atom. The maximum Gasteiger partial charge on any atom is 0.416 e. The van der Waals surface area contributed by atoms with Crippen LogP contribution in [-0.2, 0) is 17.5 Å². The number of carbonyl (C=O) groups excluding carboxylic acids is 1. The lowest BCUT2D eigenvalue weighted by Crippen LogP contribution is -2.48. The van der Waals surface area contributed by atoms with Crippen LogP contribution in [0.5, 0.6) is 0 Å². The highest BCUT2D eigenvalue weighted by Crippen LogP contribution is 2.31. The first-order valence-electron chi connectivity index (χ1n) is 9.82. The first-order valence-corrected chi connectivity index (χ1v) is 9.82. The third-order valence-corrected chi connectivity index (χ3v) is 5.23. The molecule has 0 aliphatic carbocycles. The molecule has 1 aromatic carbocycles. The molecule has 0 N–H and O–H groups in total. The minimum Gasteiger partial charge on any atom is -0.460 e. The average Bonchev–Trinajstić information content (AvgIpc) is 3.17. The van der Waals surface area contributed by atoms with Gasteiger partial charge < -0.3 is 18.6 Å². The van der Waals surface area contributed by atoms with Crippen LogP contribution >= 0.6 is 0 Å². The zero-order valence-corrected chi connectivity index (χ0v) is 17.0. The van der Waals surface area contributed by atoms with E-state index in [4.69, 9.17) is 9.15 Å². The summed E-state index contributed by atoms with van der Waals surface area (Å²) in [6.07, 6.45) is -4.60. The van der Waals surface area contributed by atoms with E-state index in [0.717, 1.165) is 12.1 Å². The van der Waals surface area contributed by atoms with Gasteiger partial charge in [0.25, 0.3) is 5.91 Å². The van der Waals surface area contributed by atoms with E-state index in [1.165, 1.54) is 6.07 Å². The third-order valence-electron chi connectivity index (χ3n) is 5.23. The minimum atomic E-state index is -4.42. The Bertz CT molecular complexity index is 1070. The number of fused-ring (bicyclic) bond motifs is 1. The van der Waals surface area contributed by atoms with Crippen LogP contribution < -0.4 is 0 Å². The second-order valence-electron chi connectivity index (χ2n) is 7.89. The summed E-state index contributed by atoms with van der Waals surface area (Å²) in [4.78, 5) is 15.0.